The molecule has 1 N–H and O–H groups in total. The van der Waals surface area contributed by atoms with Crippen LogP contribution in [0.4, 0.5) is 18.0 Å². The Kier molecular flexibility index (Phi) is 8.58. The number of hydrogen-bond donors (Lipinski definition) is 1. The fourth-order valence-corrected chi connectivity index (χ4v) is 3.67. The summed E-state index contributed by atoms with van der Waals surface area (Å²) in [6.07, 6.45) is -4.20. The first-order valence-electron chi connectivity index (χ1n) is 8.75. The molecule has 2 aromatic carbocycles. The molecular weight excluding hydrogens is 444 g/mol. The van der Waals surface area contributed by atoms with Crippen molar-refractivity contribution in [3.63, 3.8) is 0 Å². The SMILES string of the molecule is COc1ccc(CC2SC(=O)[N-]C2=O)cc1C(=O)NCc1ccc(C(F)(F)F)cc1.[Na+]. The number of benzene rings is 2. The molecule has 6 nitrogen and oxygen atoms in total. The summed E-state index contributed by atoms with van der Waals surface area (Å²) >= 11 is 0.836. The molecule has 0 saturated carbocycles. The molecule has 3 rings (SSSR count). The Labute approximate surface area is 202 Å². The molecule has 0 aliphatic carbocycles. The van der Waals surface area contributed by atoms with Crippen LogP contribution < -0.4 is 39.6 Å². The first-order valence-corrected chi connectivity index (χ1v) is 9.63. The molecule has 1 atom stereocenters. The number of amides is 3. The standard InChI is InChI=1S/C20H17F3N2O4S.Na/c1-29-15-7-4-12(9-16-18(27)25-19(28)30-16)8-14(15)17(26)24-10-11-2-5-13(6-3-11)20(21,22)23;/h2-8,16H,9-10H2,1H3,(H2,24,25,26,27,28);/q;+1/p-1. The molecule has 1 saturated heterocycles. The van der Waals surface area contributed by atoms with Crippen LogP contribution in [-0.2, 0) is 23.9 Å². The monoisotopic (exact) mass is 460 g/mol. The summed E-state index contributed by atoms with van der Waals surface area (Å²) in [7, 11) is 1.40. The number of nitrogens with zero attached hydrogens (tertiary/aromatic N) is 1. The fraction of sp³-hybridized carbons (Fsp3) is 0.250. The number of methoxy groups -OCH3 is 1. The molecule has 1 heterocycles. The largest absolute Gasteiger partial charge is 1.00 e. The Morgan fingerprint density at radius 3 is 2.32 bits per heavy atom. The average Bonchev–Trinajstić information content (AvgIpc) is 3.02. The minimum absolute atomic E-state index is 0. The Bertz CT molecular complexity index is 983. The van der Waals surface area contributed by atoms with E-state index in [-0.39, 0.29) is 48.1 Å². The van der Waals surface area contributed by atoms with Crippen LogP contribution in [0.3, 0.4) is 0 Å². The van der Waals surface area contributed by atoms with E-state index in [2.05, 4.69) is 10.6 Å². The number of halogens is 3. The predicted molar refractivity (Wildman–Crippen MR) is 104 cm³/mol. The van der Waals surface area contributed by atoms with Crippen LogP contribution >= 0.6 is 11.8 Å². The third-order valence-corrected chi connectivity index (χ3v) is 5.33. The van der Waals surface area contributed by atoms with Gasteiger partial charge in [-0.3, -0.25) is 4.79 Å². The first-order chi connectivity index (χ1) is 14.2. The molecule has 2 aromatic rings. The molecule has 3 amide bonds. The van der Waals surface area contributed by atoms with Crippen LogP contribution in [0.15, 0.2) is 42.5 Å². The quantitative estimate of drug-likeness (QED) is 0.658. The molecule has 31 heavy (non-hydrogen) atoms. The van der Waals surface area contributed by atoms with E-state index in [1.807, 2.05) is 0 Å². The van der Waals surface area contributed by atoms with E-state index in [1.165, 1.54) is 19.2 Å². The summed E-state index contributed by atoms with van der Waals surface area (Å²) in [6.45, 7) is 0.0225. The zero-order chi connectivity index (χ0) is 21.9. The number of hydrogen-bond acceptors (Lipinski definition) is 5. The van der Waals surface area contributed by atoms with Gasteiger partial charge in [-0.25, -0.2) is 0 Å². The normalized spacial score (nSPS) is 15.8. The number of ether oxygens (including phenoxy) is 1. The molecule has 1 unspecified atom stereocenters. The van der Waals surface area contributed by atoms with Gasteiger partial charge < -0.3 is 25.0 Å². The van der Waals surface area contributed by atoms with Crippen molar-refractivity contribution in [1.29, 1.82) is 0 Å². The Balaban J connectivity index is 0.00000341. The van der Waals surface area contributed by atoms with Crippen LogP contribution in [0, 0.1) is 0 Å². The fourth-order valence-electron chi connectivity index (χ4n) is 2.85. The van der Waals surface area contributed by atoms with Crippen LogP contribution in [0.5, 0.6) is 5.75 Å². The van der Waals surface area contributed by atoms with Crippen molar-refractivity contribution >= 4 is 28.8 Å². The van der Waals surface area contributed by atoms with E-state index in [4.69, 9.17) is 4.74 Å². The zero-order valence-corrected chi connectivity index (χ0v) is 19.5. The Morgan fingerprint density at radius 1 is 1.13 bits per heavy atom. The minimum Gasteiger partial charge on any atom is -0.585 e. The summed E-state index contributed by atoms with van der Waals surface area (Å²) in [4.78, 5) is 35.6. The second-order valence-corrected chi connectivity index (χ2v) is 7.59. The summed E-state index contributed by atoms with van der Waals surface area (Å²) < 4.78 is 43.1. The van der Waals surface area contributed by atoms with Crippen molar-refractivity contribution < 1.29 is 61.8 Å². The van der Waals surface area contributed by atoms with E-state index in [0.717, 1.165) is 23.9 Å². The van der Waals surface area contributed by atoms with Crippen molar-refractivity contribution in [2.24, 2.45) is 0 Å². The Hall–Kier alpha value is -2.01. The number of carbonyl (C=O) groups is 3. The van der Waals surface area contributed by atoms with E-state index in [1.54, 1.807) is 18.2 Å². The average molecular weight is 460 g/mol. The van der Waals surface area contributed by atoms with E-state index >= 15 is 0 Å². The predicted octanol–water partition coefficient (Wildman–Crippen LogP) is 1.33. The summed E-state index contributed by atoms with van der Waals surface area (Å²) in [5.74, 6) is -0.691. The molecule has 11 heteroatoms. The van der Waals surface area contributed by atoms with Crippen LogP contribution in [0.2, 0.25) is 0 Å². The van der Waals surface area contributed by atoms with Gasteiger partial charge in [0.25, 0.3) is 5.91 Å². The van der Waals surface area contributed by atoms with Crippen molar-refractivity contribution in [3.05, 3.63) is 70.0 Å². The van der Waals surface area contributed by atoms with Crippen molar-refractivity contribution in [2.75, 3.05) is 7.11 Å². The number of rotatable bonds is 6. The van der Waals surface area contributed by atoms with Gasteiger partial charge in [-0.2, -0.15) is 13.2 Å². The van der Waals surface area contributed by atoms with Gasteiger partial charge >= 0.3 is 35.7 Å². The topological polar surface area (TPSA) is 86.6 Å². The van der Waals surface area contributed by atoms with Gasteiger partial charge in [0.05, 0.1) is 29.4 Å². The van der Waals surface area contributed by atoms with Gasteiger partial charge in [0.1, 0.15) is 11.0 Å². The molecule has 1 aliphatic rings. The first kappa shape index (κ1) is 25.3. The molecule has 0 bridgehead atoms. The number of thioether (sulfide) groups is 1. The van der Waals surface area contributed by atoms with Gasteiger partial charge in [0.15, 0.2) is 0 Å². The van der Waals surface area contributed by atoms with Gasteiger partial charge in [0.2, 0.25) is 0 Å². The van der Waals surface area contributed by atoms with E-state index < -0.39 is 34.0 Å². The van der Waals surface area contributed by atoms with Gasteiger partial charge in [-0.05, 0) is 41.8 Å². The molecule has 0 aromatic heterocycles. The number of imide groups is 1. The van der Waals surface area contributed by atoms with Crippen LogP contribution in [0.1, 0.15) is 27.0 Å². The van der Waals surface area contributed by atoms with Crippen molar-refractivity contribution in [2.45, 2.75) is 24.4 Å². The maximum Gasteiger partial charge on any atom is 1.00 e. The van der Waals surface area contributed by atoms with Crippen molar-refractivity contribution in [1.82, 2.24) is 5.32 Å². The number of carbonyl (C=O) groups excluding carboxylic acids is 3. The molecule has 0 radical (unpaired) electrons. The second kappa shape index (κ2) is 10.5. The Morgan fingerprint density at radius 2 is 1.77 bits per heavy atom. The molecule has 0 spiro atoms. The van der Waals surface area contributed by atoms with Gasteiger partial charge in [0, 0.05) is 6.54 Å². The third kappa shape index (κ3) is 6.49. The minimum atomic E-state index is -4.42. The third-order valence-electron chi connectivity index (χ3n) is 4.38. The van der Waals surface area contributed by atoms with Gasteiger partial charge in [-0.15, -0.1) is 0 Å². The van der Waals surface area contributed by atoms with E-state index in [9.17, 15) is 27.6 Å². The summed E-state index contributed by atoms with van der Waals surface area (Å²) in [5.41, 5.74) is 0.586. The smallest absolute Gasteiger partial charge is 0.585 e. The van der Waals surface area contributed by atoms with Crippen molar-refractivity contribution in [3.8, 4) is 5.75 Å². The van der Waals surface area contributed by atoms with E-state index in [0.29, 0.717) is 16.9 Å². The zero-order valence-electron chi connectivity index (χ0n) is 16.7. The maximum atomic E-state index is 12.6. The second-order valence-electron chi connectivity index (χ2n) is 6.44. The number of alkyl halides is 3. The molecular formula is C20H16F3N2NaO4S. The van der Waals surface area contributed by atoms with Crippen LogP contribution in [-0.4, -0.2) is 29.4 Å². The van der Waals surface area contributed by atoms with Gasteiger partial charge in [-0.1, -0.05) is 30.0 Å². The summed E-state index contributed by atoms with van der Waals surface area (Å²) in [5, 5.41) is 4.83. The maximum absolute atomic E-state index is 12.6. The molecule has 1 fully saturated rings. The molecule has 1 aliphatic heterocycles. The summed E-state index contributed by atoms with van der Waals surface area (Å²) in [6, 6.07) is 9.29. The number of nitrogens with one attached hydrogen (secondary N) is 1. The van der Waals surface area contributed by atoms with Crippen LogP contribution in [0.25, 0.3) is 5.32 Å². The molecule has 158 valence electrons.